The fourth-order valence-electron chi connectivity index (χ4n) is 1.24. The number of rotatable bonds is 7. The Bertz CT molecular complexity index is 387. The average Bonchev–Trinajstić information content (AvgIpc) is 2.77. The summed E-state index contributed by atoms with van der Waals surface area (Å²) in [6.07, 6.45) is 0. The van der Waals surface area contributed by atoms with Crippen molar-refractivity contribution < 1.29 is 8.42 Å². The second-order valence-electron chi connectivity index (χ2n) is 3.49. The fourth-order valence-corrected chi connectivity index (χ4v) is 2.61. The molecule has 1 unspecified atom stereocenters. The molecule has 0 fully saturated rings. The predicted octanol–water partition coefficient (Wildman–Crippen LogP) is 1.34. The molecule has 1 aromatic heterocycles. The van der Waals surface area contributed by atoms with Gasteiger partial charge in [-0.05, 0) is 25.3 Å². The van der Waals surface area contributed by atoms with E-state index >= 15 is 0 Å². The third-order valence-corrected chi connectivity index (χ3v) is 4.71. The van der Waals surface area contributed by atoms with Gasteiger partial charge in [0.05, 0.1) is 5.75 Å². The van der Waals surface area contributed by atoms with Gasteiger partial charge in [-0.25, -0.2) is 13.1 Å². The molecule has 4 nitrogen and oxygen atoms in total. The van der Waals surface area contributed by atoms with Crippen LogP contribution in [0, 0.1) is 0 Å². The van der Waals surface area contributed by atoms with Crippen LogP contribution in [-0.4, -0.2) is 27.3 Å². The van der Waals surface area contributed by atoms with E-state index in [0.717, 1.165) is 0 Å². The fraction of sp³-hybridized carbons (Fsp3) is 0.600. The largest absolute Gasteiger partial charge is 0.308 e. The third-order valence-electron chi connectivity index (χ3n) is 2.25. The quantitative estimate of drug-likeness (QED) is 0.729. The van der Waals surface area contributed by atoms with Crippen molar-refractivity contribution in [3.8, 4) is 0 Å². The van der Waals surface area contributed by atoms with Gasteiger partial charge in [0.1, 0.15) is 0 Å². The SMILES string of the molecule is CCS(=O)(=O)NCCNC(C)c1cccs1. The summed E-state index contributed by atoms with van der Waals surface area (Å²) >= 11 is 1.70. The van der Waals surface area contributed by atoms with Crippen molar-refractivity contribution in [2.24, 2.45) is 0 Å². The summed E-state index contributed by atoms with van der Waals surface area (Å²) in [4.78, 5) is 1.26. The van der Waals surface area contributed by atoms with Crippen molar-refractivity contribution in [3.05, 3.63) is 22.4 Å². The van der Waals surface area contributed by atoms with Gasteiger partial charge in [0.2, 0.25) is 10.0 Å². The van der Waals surface area contributed by atoms with Crippen molar-refractivity contribution in [1.82, 2.24) is 10.0 Å². The van der Waals surface area contributed by atoms with Gasteiger partial charge >= 0.3 is 0 Å². The Kier molecular flexibility index (Phi) is 5.40. The van der Waals surface area contributed by atoms with Gasteiger partial charge in [0.25, 0.3) is 0 Å². The Labute approximate surface area is 101 Å². The van der Waals surface area contributed by atoms with E-state index in [1.807, 2.05) is 11.4 Å². The van der Waals surface area contributed by atoms with Gasteiger partial charge < -0.3 is 5.32 Å². The molecule has 6 heteroatoms. The molecule has 0 saturated heterocycles. The lowest BCUT2D eigenvalue weighted by atomic mass is 10.3. The van der Waals surface area contributed by atoms with Crippen LogP contribution in [0.4, 0.5) is 0 Å². The van der Waals surface area contributed by atoms with E-state index in [0.29, 0.717) is 13.1 Å². The second-order valence-corrected chi connectivity index (χ2v) is 6.56. The van der Waals surface area contributed by atoms with Gasteiger partial charge in [-0.15, -0.1) is 11.3 Å². The zero-order valence-electron chi connectivity index (χ0n) is 9.56. The summed E-state index contributed by atoms with van der Waals surface area (Å²) in [6.45, 7) is 4.77. The lowest BCUT2D eigenvalue weighted by Gasteiger charge is -2.12. The van der Waals surface area contributed by atoms with Crippen LogP contribution in [0.15, 0.2) is 17.5 Å². The molecule has 0 saturated carbocycles. The number of hydrogen-bond donors (Lipinski definition) is 2. The lowest BCUT2D eigenvalue weighted by Crippen LogP contribution is -2.33. The van der Waals surface area contributed by atoms with Crippen LogP contribution < -0.4 is 10.0 Å². The van der Waals surface area contributed by atoms with Crippen LogP contribution in [0.25, 0.3) is 0 Å². The maximum absolute atomic E-state index is 11.1. The summed E-state index contributed by atoms with van der Waals surface area (Å²) in [5, 5.41) is 5.30. The molecule has 0 radical (unpaired) electrons. The van der Waals surface area contributed by atoms with Gasteiger partial charge in [-0.3, -0.25) is 0 Å². The van der Waals surface area contributed by atoms with Crippen LogP contribution >= 0.6 is 11.3 Å². The minimum absolute atomic E-state index is 0.132. The standard InChI is InChI=1S/C10H18N2O2S2/c1-3-16(13,14)12-7-6-11-9(2)10-5-4-8-15-10/h4-5,8-9,11-12H,3,6-7H2,1-2H3. The Balaban J connectivity index is 2.22. The van der Waals surface area contributed by atoms with E-state index < -0.39 is 10.0 Å². The first kappa shape index (κ1) is 13.6. The van der Waals surface area contributed by atoms with E-state index in [-0.39, 0.29) is 11.8 Å². The highest BCUT2D eigenvalue weighted by Gasteiger charge is 2.07. The van der Waals surface area contributed by atoms with E-state index in [9.17, 15) is 8.42 Å². The number of thiophene rings is 1. The molecule has 0 bridgehead atoms. The Morgan fingerprint density at radius 3 is 2.75 bits per heavy atom. The Morgan fingerprint density at radius 2 is 2.19 bits per heavy atom. The molecule has 0 amide bonds. The molecule has 0 aliphatic rings. The average molecular weight is 262 g/mol. The lowest BCUT2D eigenvalue weighted by molar-refractivity contribution is 0.558. The topological polar surface area (TPSA) is 58.2 Å². The molecule has 0 aromatic carbocycles. The van der Waals surface area contributed by atoms with Crippen LogP contribution in [0.1, 0.15) is 24.8 Å². The molecular formula is C10H18N2O2S2. The summed E-state index contributed by atoms with van der Waals surface area (Å²) in [7, 11) is -3.06. The van der Waals surface area contributed by atoms with E-state index in [1.54, 1.807) is 18.3 Å². The molecule has 1 atom stereocenters. The highest BCUT2D eigenvalue weighted by atomic mass is 32.2. The first-order chi connectivity index (χ1) is 7.55. The predicted molar refractivity (Wildman–Crippen MR) is 68.2 cm³/mol. The maximum Gasteiger partial charge on any atom is 0.211 e. The molecule has 92 valence electrons. The highest BCUT2D eigenvalue weighted by molar-refractivity contribution is 7.89. The van der Waals surface area contributed by atoms with Gasteiger partial charge in [-0.2, -0.15) is 0 Å². The second kappa shape index (κ2) is 6.34. The van der Waals surface area contributed by atoms with Gasteiger partial charge in [0.15, 0.2) is 0 Å². The van der Waals surface area contributed by atoms with Gasteiger partial charge in [-0.1, -0.05) is 6.07 Å². The minimum Gasteiger partial charge on any atom is -0.308 e. The zero-order valence-corrected chi connectivity index (χ0v) is 11.2. The first-order valence-corrected chi connectivity index (χ1v) is 7.82. The van der Waals surface area contributed by atoms with Crippen LogP contribution in [0.3, 0.4) is 0 Å². The zero-order chi connectivity index (χ0) is 12.0. The normalized spacial score (nSPS) is 13.9. The Morgan fingerprint density at radius 1 is 1.44 bits per heavy atom. The molecule has 0 spiro atoms. The van der Waals surface area contributed by atoms with Crippen molar-refractivity contribution in [1.29, 1.82) is 0 Å². The maximum atomic E-state index is 11.1. The molecular weight excluding hydrogens is 244 g/mol. The van der Waals surface area contributed by atoms with E-state index in [2.05, 4.69) is 23.0 Å². The van der Waals surface area contributed by atoms with Crippen molar-refractivity contribution >= 4 is 21.4 Å². The first-order valence-electron chi connectivity index (χ1n) is 5.29. The summed E-state index contributed by atoms with van der Waals surface area (Å²) < 4.78 is 24.8. The van der Waals surface area contributed by atoms with E-state index in [1.165, 1.54) is 4.88 Å². The monoisotopic (exact) mass is 262 g/mol. The Hall–Kier alpha value is -0.430. The third kappa shape index (κ3) is 4.61. The summed E-state index contributed by atoms with van der Waals surface area (Å²) in [6, 6.07) is 4.35. The van der Waals surface area contributed by atoms with Crippen LogP contribution in [0.5, 0.6) is 0 Å². The molecule has 1 aromatic rings. The molecule has 0 aliphatic carbocycles. The van der Waals surface area contributed by atoms with Crippen LogP contribution in [0.2, 0.25) is 0 Å². The molecule has 1 heterocycles. The molecule has 0 aliphatic heterocycles. The molecule has 2 N–H and O–H groups in total. The van der Waals surface area contributed by atoms with Crippen LogP contribution in [-0.2, 0) is 10.0 Å². The van der Waals surface area contributed by atoms with Crippen molar-refractivity contribution in [3.63, 3.8) is 0 Å². The smallest absolute Gasteiger partial charge is 0.211 e. The number of hydrogen-bond acceptors (Lipinski definition) is 4. The van der Waals surface area contributed by atoms with Crippen molar-refractivity contribution in [2.45, 2.75) is 19.9 Å². The number of sulfonamides is 1. The highest BCUT2D eigenvalue weighted by Crippen LogP contribution is 2.17. The van der Waals surface area contributed by atoms with E-state index in [4.69, 9.17) is 0 Å². The van der Waals surface area contributed by atoms with Crippen molar-refractivity contribution in [2.75, 3.05) is 18.8 Å². The molecule has 16 heavy (non-hydrogen) atoms. The summed E-state index contributed by atoms with van der Waals surface area (Å²) in [5.41, 5.74) is 0. The molecule has 1 rings (SSSR count). The minimum atomic E-state index is -3.06. The van der Waals surface area contributed by atoms with Gasteiger partial charge in [0, 0.05) is 24.0 Å². The summed E-state index contributed by atoms with van der Waals surface area (Å²) in [5.74, 6) is 0.132. The number of nitrogens with one attached hydrogen (secondary N) is 2.